The summed E-state index contributed by atoms with van der Waals surface area (Å²) in [6.07, 6.45) is 14.6. The molecule has 0 saturated heterocycles. The SMILES string of the molecule is O=C(NC1C2CC3CC(C2)CC1C3)c1cnn(CCc2noc(=O)[nH]2)c1OCC1CCCCC1. The first-order valence-electron chi connectivity index (χ1n) is 13.2. The standard InChI is InChI=1S/C25H35N5O4/c31-23(28-22-18-9-16-8-17(11-18)12-19(22)10-16)20-13-26-30(7-6-21-27-25(32)34-29-21)24(20)33-14-15-4-2-1-3-5-15/h13,15-19,22H,1-12,14H2,(H,28,31)(H,27,29,32). The van der Waals surface area contributed by atoms with Gasteiger partial charge in [0.15, 0.2) is 5.82 Å². The second-order valence-electron chi connectivity index (χ2n) is 11.1. The van der Waals surface area contributed by atoms with Crippen LogP contribution >= 0.6 is 0 Å². The number of hydrogen-bond donors (Lipinski definition) is 2. The first kappa shape index (κ1) is 21.9. The molecule has 9 heteroatoms. The summed E-state index contributed by atoms with van der Waals surface area (Å²) >= 11 is 0. The Balaban J connectivity index is 1.18. The highest BCUT2D eigenvalue weighted by Gasteiger charge is 2.48. The number of carbonyl (C=O) groups excluding carboxylic acids is 1. The smallest absolute Gasteiger partial charge is 0.438 e. The summed E-state index contributed by atoms with van der Waals surface area (Å²) in [5, 5.41) is 11.6. The van der Waals surface area contributed by atoms with Gasteiger partial charge in [0.1, 0.15) is 5.56 Å². The number of nitrogens with zero attached hydrogens (tertiary/aromatic N) is 3. The molecule has 2 heterocycles. The van der Waals surface area contributed by atoms with Crippen LogP contribution in [-0.4, -0.2) is 38.5 Å². The van der Waals surface area contributed by atoms with E-state index < -0.39 is 5.76 Å². The molecule has 0 spiro atoms. The number of carbonyl (C=O) groups is 1. The van der Waals surface area contributed by atoms with E-state index in [0.717, 1.165) is 11.8 Å². The number of nitrogens with one attached hydrogen (secondary N) is 2. The second-order valence-corrected chi connectivity index (χ2v) is 11.1. The Morgan fingerprint density at radius 1 is 1.12 bits per heavy atom. The molecule has 0 atom stereocenters. The lowest BCUT2D eigenvalue weighted by atomic mass is 9.54. The number of hydrogen-bond acceptors (Lipinski definition) is 6. The fraction of sp³-hybridized carbons (Fsp3) is 0.760. The number of H-pyrrole nitrogens is 1. The fourth-order valence-electron chi connectivity index (χ4n) is 7.36. The van der Waals surface area contributed by atoms with Crippen LogP contribution in [0.15, 0.2) is 15.5 Å². The van der Waals surface area contributed by atoms with Crippen molar-refractivity contribution in [1.29, 1.82) is 0 Å². The molecule has 184 valence electrons. The summed E-state index contributed by atoms with van der Waals surface area (Å²) in [4.78, 5) is 27.3. The highest BCUT2D eigenvalue weighted by Crippen LogP contribution is 2.53. The van der Waals surface area contributed by atoms with Gasteiger partial charge in [0.25, 0.3) is 5.91 Å². The van der Waals surface area contributed by atoms with Crippen molar-refractivity contribution in [3.05, 3.63) is 28.1 Å². The zero-order valence-electron chi connectivity index (χ0n) is 19.7. The molecule has 0 aromatic carbocycles. The molecule has 5 aliphatic rings. The maximum Gasteiger partial charge on any atom is 0.438 e. The molecule has 5 fully saturated rings. The van der Waals surface area contributed by atoms with Crippen molar-refractivity contribution in [2.75, 3.05) is 6.61 Å². The number of rotatable bonds is 8. The summed E-state index contributed by atoms with van der Waals surface area (Å²) in [5.74, 6) is 3.83. The van der Waals surface area contributed by atoms with Crippen molar-refractivity contribution < 1.29 is 14.1 Å². The Morgan fingerprint density at radius 2 is 1.85 bits per heavy atom. The quantitative estimate of drug-likeness (QED) is 0.613. The molecule has 0 aliphatic heterocycles. The van der Waals surface area contributed by atoms with Crippen LogP contribution in [0.5, 0.6) is 5.88 Å². The maximum absolute atomic E-state index is 13.5. The Hall–Kier alpha value is -2.58. The van der Waals surface area contributed by atoms with Crippen molar-refractivity contribution in [2.45, 2.75) is 83.2 Å². The van der Waals surface area contributed by atoms with Crippen LogP contribution in [0, 0.1) is 29.6 Å². The normalized spacial score (nSPS) is 30.5. The lowest BCUT2D eigenvalue weighted by Crippen LogP contribution is -2.55. The van der Waals surface area contributed by atoms with E-state index in [2.05, 4.69) is 25.1 Å². The Labute approximate surface area is 199 Å². The average molecular weight is 470 g/mol. The summed E-state index contributed by atoms with van der Waals surface area (Å²) in [6.45, 7) is 1.04. The van der Waals surface area contributed by atoms with E-state index in [1.54, 1.807) is 10.9 Å². The van der Waals surface area contributed by atoms with Gasteiger partial charge >= 0.3 is 5.76 Å². The zero-order valence-corrected chi connectivity index (χ0v) is 19.7. The van der Waals surface area contributed by atoms with E-state index in [0.29, 0.717) is 54.6 Å². The minimum Gasteiger partial charge on any atom is -0.477 e. The van der Waals surface area contributed by atoms with Crippen molar-refractivity contribution in [3.63, 3.8) is 0 Å². The van der Waals surface area contributed by atoms with Crippen LogP contribution in [0.1, 0.15) is 80.4 Å². The van der Waals surface area contributed by atoms with Crippen molar-refractivity contribution in [3.8, 4) is 5.88 Å². The highest BCUT2D eigenvalue weighted by atomic mass is 16.5. The first-order valence-corrected chi connectivity index (χ1v) is 13.2. The van der Waals surface area contributed by atoms with E-state index in [4.69, 9.17) is 4.74 Å². The molecular weight excluding hydrogens is 434 g/mol. The van der Waals surface area contributed by atoms with Gasteiger partial charge in [0.2, 0.25) is 5.88 Å². The average Bonchev–Trinajstić information content (AvgIpc) is 3.44. The molecular formula is C25H35N5O4. The van der Waals surface area contributed by atoms with Crippen molar-refractivity contribution >= 4 is 5.91 Å². The van der Waals surface area contributed by atoms with Gasteiger partial charge in [-0.05, 0) is 74.5 Å². The van der Waals surface area contributed by atoms with Crippen LogP contribution in [0.25, 0.3) is 0 Å². The van der Waals surface area contributed by atoms with Crippen molar-refractivity contribution in [2.24, 2.45) is 29.6 Å². The van der Waals surface area contributed by atoms with Crippen molar-refractivity contribution in [1.82, 2.24) is 25.2 Å². The largest absolute Gasteiger partial charge is 0.477 e. The topological polar surface area (TPSA) is 115 Å². The van der Waals surface area contributed by atoms with Crippen LogP contribution in [-0.2, 0) is 13.0 Å². The van der Waals surface area contributed by atoms with E-state index in [-0.39, 0.29) is 11.9 Å². The van der Waals surface area contributed by atoms with Gasteiger partial charge in [-0.1, -0.05) is 24.4 Å². The molecule has 1 amide bonds. The molecule has 0 unspecified atom stereocenters. The van der Waals surface area contributed by atoms with E-state index in [9.17, 15) is 9.59 Å². The summed E-state index contributed by atoms with van der Waals surface area (Å²) in [7, 11) is 0. The van der Waals surface area contributed by atoms with E-state index >= 15 is 0 Å². The van der Waals surface area contributed by atoms with E-state index in [1.807, 2.05) is 0 Å². The Morgan fingerprint density at radius 3 is 2.53 bits per heavy atom. The van der Waals surface area contributed by atoms with Gasteiger partial charge in [-0.15, -0.1) is 0 Å². The number of aromatic nitrogens is 4. The minimum absolute atomic E-state index is 0.0720. The molecule has 4 bridgehead atoms. The van der Waals surface area contributed by atoms with Crippen LogP contribution < -0.4 is 15.8 Å². The predicted molar refractivity (Wildman–Crippen MR) is 123 cm³/mol. The Kier molecular flexibility index (Phi) is 5.95. The molecule has 2 N–H and O–H groups in total. The Bertz CT molecular complexity index is 1040. The van der Waals surface area contributed by atoms with Gasteiger partial charge in [-0.2, -0.15) is 5.10 Å². The highest BCUT2D eigenvalue weighted by molar-refractivity contribution is 5.96. The summed E-state index contributed by atoms with van der Waals surface area (Å²) in [6, 6.07) is 0.273. The van der Waals surface area contributed by atoms with Crippen LogP contribution in [0.3, 0.4) is 0 Å². The molecule has 5 saturated carbocycles. The zero-order chi connectivity index (χ0) is 23.1. The molecule has 5 aliphatic carbocycles. The van der Waals surface area contributed by atoms with E-state index in [1.165, 1.54) is 64.2 Å². The molecule has 34 heavy (non-hydrogen) atoms. The molecule has 0 radical (unpaired) electrons. The lowest BCUT2D eigenvalue weighted by Gasteiger charge is -2.54. The predicted octanol–water partition coefficient (Wildman–Crippen LogP) is 3.32. The number of aryl methyl sites for hydroxylation is 2. The third kappa shape index (κ3) is 4.41. The fourth-order valence-corrected chi connectivity index (χ4v) is 7.36. The number of ether oxygens (including phenoxy) is 1. The number of amides is 1. The summed E-state index contributed by atoms with van der Waals surface area (Å²) in [5.41, 5.74) is 0.512. The van der Waals surface area contributed by atoms with Gasteiger partial charge in [0, 0.05) is 12.5 Å². The molecule has 7 rings (SSSR count). The molecule has 2 aromatic heterocycles. The molecule has 9 nitrogen and oxygen atoms in total. The summed E-state index contributed by atoms with van der Waals surface area (Å²) < 4.78 is 12.6. The van der Waals surface area contributed by atoms with Gasteiger partial charge in [-0.3, -0.25) is 14.3 Å². The van der Waals surface area contributed by atoms with Crippen LogP contribution in [0.4, 0.5) is 0 Å². The number of aromatic amines is 1. The van der Waals surface area contributed by atoms with Crippen LogP contribution in [0.2, 0.25) is 0 Å². The monoisotopic (exact) mass is 469 g/mol. The third-order valence-corrected chi connectivity index (χ3v) is 8.79. The van der Waals surface area contributed by atoms with Gasteiger partial charge in [-0.25, -0.2) is 9.48 Å². The minimum atomic E-state index is -0.569. The molecule has 2 aromatic rings. The maximum atomic E-state index is 13.5. The first-order chi connectivity index (χ1) is 16.6. The lowest BCUT2D eigenvalue weighted by molar-refractivity contribution is -0.0120. The second kappa shape index (κ2) is 9.23. The van der Waals surface area contributed by atoms with Gasteiger partial charge < -0.3 is 10.1 Å². The third-order valence-electron chi connectivity index (χ3n) is 8.79. The van der Waals surface area contributed by atoms with Gasteiger partial charge in [0.05, 0.1) is 19.3 Å².